The Labute approximate surface area is 49.7 Å². The maximum atomic E-state index is 8.91. The number of aliphatic hydroxyl groups excluding tert-OH is 1. The summed E-state index contributed by atoms with van der Waals surface area (Å²) >= 11 is 0. The van der Waals surface area contributed by atoms with Gasteiger partial charge in [-0.1, -0.05) is 13.3 Å². The third-order valence-electron chi connectivity index (χ3n) is 2.21. The van der Waals surface area contributed by atoms with Gasteiger partial charge < -0.3 is 10.8 Å². The smallest absolute Gasteiger partial charge is 0.107 e. The molecule has 48 valence electrons. The topological polar surface area (TPSA) is 46.2 Å². The second kappa shape index (κ2) is 1.71. The molecule has 0 bridgehead atoms. The quantitative estimate of drug-likeness (QED) is 0.487. The van der Waals surface area contributed by atoms with Crippen molar-refractivity contribution in [2.45, 2.75) is 32.4 Å². The van der Waals surface area contributed by atoms with E-state index in [0.717, 1.165) is 12.8 Å². The zero-order valence-corrected chi connectivity index (χ0v) is 5.22. The Bertz CT molecular complexity index is 86.5. The molecule has 0 spiro atoms. The van der Waals surface area contributed by atoms with E-state index in [-0.39, 0.29) is 5.41 Å². The average Bonchev–Trinajstić information content (AvgIpc) is 1.60. The number of nitrogens with two attached hydrogens (primary N) is 1. The molecule has 1 saturated carbocycles. The van der Waals surface area contributed by atoms with Crippen LogP contribution in [0.25, 0.3) is 0 Å². The van der Waals surface area contributed by atoms with Crippen molar-refractivity contribution in [1.82, 2.24) is 0 Å². The maximum Gasteiger partial charge on any atom is 0.107 e. The van der Waals surface area contributed by atoms with Crippen LogP contribution in [0.3, 0.4) is 0 Å². The molecule has 0 aromatic heterocycles. The fourth-order valence-corrected chi connectivity index (χ4v) is 1.03. The van der Waals surface area contributed by atoms with E-state index >= 15 is 0 Å². The molecule has 0 saturated heterocycles. The Morgan fingerprint density at radius 2 is 2.12 bits per heavy atom. The van der Waals surface area contributed by atoms with Gasteiger partial charge in [0.15, 0.2) is 0 Å². The number of hydrogen-bond donors (Lipinski definition) is 2. The van der Waals surface area contributed by atoms with Gasteiger partial charge in [0.25, 0.3) is 0 Å². The Morgan fingerprint density at radius 1 is 1.62 bits per heavy atom. The van der Waals surface area contributed by atoms with Crippen LogP contribution >= 0.6 is 0 Å². The third-order valence-corrected chi connectivity index (χ3v) is 2.21. The largest absolute Gasteiger partial charge is 0.378 e. The summed E-state index contributed by atoms with van der Waals surface area (Å²) in [7, 11) is 0. The van der Waals surface area contributed by atoms with Gasteiger partial charge in [-0.2, -0.15) is 0 Å². The molecule has 1 unspecified atom stereocenters. The lowest BCUT2D eigenvalue weighted by Gasteiger charge is -2.40. The first-order valence-corrected chi connectivity index (χ1v) is 3.09. The Hall–Kier alpha value is -0.0800. The average molecular weight is 115 g/mol. The van der Waals surface area contributed by atoms with Crippen LogP contribution in [0.15, 0.2) is 0 Å². The van der Waals surface area contributed by atoms with Crippen LogP contribution in [0.5, 0.6) is 0 Å². The predicted molar refractivity (Wildman–Crippen MR) is 32.2 cm³/mol. The van der Waals surface area contributed by atoms with Crippen molar-refractivity contribution < 1.29 is 5.11 Å². The lowest BCUT2D eigenvalue weighted by atomic mass is 9.69. The van der Waals surface area contributed by atoms with E-state index in [9.17, 15) is 0 Å². The molecular weight excluding hydrogens is 102 g/mol. The van der Waals surface area contributed by atoms with Gasteiger partial charge in [-0.3, -0.25) is 0 Å². The molecule has 2 heteroatoms. The molecule has 3 N–H and O–H groups in total. The van der Waals surface area contributed by atoms with Crippen LogP contribution in [0, 0.1) is 5.41 Å². The zero-order valence-electron chi connectivity index (χ0n) is 5.22. The van der Waals surface area contributed by atoms with Gasteiger partial charge in [-0.25, -0.2) is 0 Å². The monoisotopic (exact) mass is 115 g/mol. The van der Waals surface area contributed by atoms with Gasteiger partial charge in [0.05, 0.1) is 0 Å². The van der Waals surface area contributed by atoms with E-state index in [1.54, 1.807) is 0 Å². The molecule has 0 aromatic carbocycles. The van der Waals surface area contributed by atoms with Gasteiger partial charge in [0.2, 0.25) is 0 Å². The summed E-state index contributed by atoms with van der Waals surface area (Å²) in [5.74, 6) is 0. The highest BCUT2D eigenvalue weighted by atomic mass is 16.3. The predicted octanol–water partition coefficient (Wildman–Crippen LogP) is 0.454. The Kier molecular flexibility index (Phi) is 1.29. The van der Waals surface area contributed by atoms with E-state index in [1.165, 1.54) is 6.42 Å². The van der Waals surface area contributed by atoms with Gasteiger partial charge >= 0.3 is 0 Å². The highest BCUT2D eigenvalue weighted by molar-refractivity contribution is 4.86. The highest BCUT2D eigenvalue weighted by Crippen LogP contribution is 2.41. The second-order valence-electron chi connectivity index (χ2n) is 2.95. The zero-order chi connectivity index (χ0) is 6.20. The normalized spacial score (nSPS) is 28.9. The fourth-order valence-electron chi connectivity index (χ4n) is 1.03. The van der Waals surface area contributed by atoms with E-state index in [4.69, 9.17) is 10.8 Å². The Morgan fingerprint density at radius 3 is 2.12 bits per heavy atom. The molecule has 0 heterocycles. The van der Waals surface area contributed by atoms with Crippen molar-refractivity contribution in [2.75, 3.05) is 0 Å². The molecule has 2 nitrogen and oxygen atoms in total. The molecule has 0 amide bonds. The van der Waals surface area contributed by atoms with Crippen LogP contribution in [0.2, 0.25) is 0 Å². The van der Waals surface area contributed by atoms with Crippen LogP contribution in [-0.2, 0) is 0 Å². The lowest BCUT2D eigenvalue weighted by Crippen LogP contribution is -2.44. The molecule has 1 aliphatic carbocycles. The minimum atomic E-state index is -0.601. The SMILES string of the molecule is CC1(C(N)O)CCC1. The van der Waals surface area contributed by atoms with Crippen molar-refractivity contribution in [1.29, 1.82) is 0 Å². The minimum absolute atomic E-state index is 0.0556. The standard InChI is InChI=1S/C6H13NO/c1-6(5(7)8)3-2-4-6/h5,8H,2-4,7H2,1H3. The molecular formula is C6H13NO. The molecule has 0 radical (unpaired) electrons. The molecule has 1 atom stereocenters. The van der Waals surface area contributed by atoms with Crippen LogP contribution in [0.4, 0.5) is 0 Å². The van der Waals surface area contributed by atoms with Crippen molar-refractivity contribution in [3.05, 3.63) is 0 Å². The van der Waals surface area contributed by atoms with E-state index in [0.29, 0.717) is 0 Å². The van der Waals surface area contributed by atoms with Gasteiger partial charge in [0, 0.05) is 5.41 Å². The minimum Gasteiger partial charge on any atom is -0.378 e. The molecule has 1 rings (SSSR count). The molecule has 8 heavy (non-hydrogen) atoms. The van der Waals surface area contributed by atoms with Crippen molar-refractivity contribution in [2.24, 2.45) is 11.1 Å². The fraction of sp³-hybridized carbons (Fsp3) is 1.00. The summed E-state index contributed by atoms with van der Waals surface area (Å²) in [6.45, 7) is 2.03. The molecule has 0 aromatic rings. The molecule has 0 aliphatic heterocycles. The van der Waals surface area contributed by atoms with Crippen molar-refractivity contribution in [3.8, 4) is 0 Å². The summed E-state index contributed by atoms with van der Waals surface area (Å²) < 4.78 is 0. The third kappa shape index (κ3) is 0.740. The summed E-state index contributed by atoms with van der Waals surface area (Å²) in [5.41, 5.74) is 5.34. The van der Waals surface area contributed by atoms with Gasteiger partial charge in [-0.15, -0.1) is 0 Å². The number of hydrogen-bond acceptors (Lipinski definition) is 2. The second-order valence-corrected chi connectivity index (χ2v) is 2.95. The van der Waals surface area contributed by atoms with Gasteiger partial charge in [-0.05, 0) is 12.8 Å². The van der Waals surface area contributed by atoms with Crippen LogP contribution in [-0.4, -0.2) is 11.3 Å². The summed E-state index contributed by atoms with van der Waals surface area (Å²) in [4.78, 5) is 0. The highest BCUT2D eigenvalue weighted by Gasteiger charge is 2.36. The first-order chi connectivity index (χ1) is 3.65. The van der Waals surface area contributed by atoms with E-state index in [2.05, 4.69) is 0 Å². The maximum absolute atomic E-state index is 8.91. The number of aliphatic hydroxyl groups is 1. The van der Waals surface area contributed by atoms with Crippen molar-refractivity contribution >= 4 is 0 Å². The molecule has 1 fully saturated rings. The van der Waals surface area contributed by atoms with Gasteiger partial charge in [0.1, 0.15) is 6.23 Å². The summed E-state index contributed by atoms with van der Waals surface area (Å²) in [5, 5.41) is 8.91. The lowest BCUT2D eigenvalue weighted by molar-refractivity contribution is -0.0155. The van der Waals surface area contributed by atoms with Crippen LogP contribution in [0.1, 0.15) is 26.2 Å². The van der Waals surface area contributed by atoms with E-state index < -0.39 is 6.23 Å². The first-order valence-electron chi connectivity index (χ1n) is 3.09. The first kappa shape index (κ1) is 6.05. The van der Waals surface area contributed by atoms with Crippen LogP contribution < -0.4 is 5.73 Å². The summed E-state index contributed by atoms with van der Waals surface area (Å²) in [6, 6.07) is 0. The Balaban J connectivity index is 2.41. The molecule has 1 aliphatic rings. The number of rotatable bonds is 1. The van der Waals surface area contributed by atoms with Crippen molar-refractivity contribution in [3.63, 3.8) is 0 Å². The summed E-state index contributed by atoms with van der Waals surface area (Å²) in [6.07, 6.45) is 2.80. The van der Waals surface area contributed by atoms with E-state index in [1.807, 2.05) is 6.92 Å².